The zero-order valence-electron chi connectivity index (χ0n) is 24.5. The van der Waals surface area contributed by atoms with Crippen LogP contribution < -0.4 is 10.1 Å². The first-order valence-corrected chi connectivity index (χ1v) is 15.5. The van der Waals surface area contributed by atoms with Gasteiger partial charge in [-0.05, 0) is 49.7 Å². The van der Waals surface area contributed by atoms with Crippen molar-refractivity contribution in [3.05, 3.63) is 89.5 Å². The molecule has 1 heterocycles. The van der Waals surface area contributed by atoms with Gasteiger partial charge < -0.3 is 20.1 Å². The molecule has 224 valence electrons. The third-order valence-electron chi connectivity index (χ3n) is 7.57. The molecule has 0 aliphatic carbocycles. The molecule has 3 aromatic carbocycles. The minimum absolute atomic E-state index is 0.000979. The molecular weight excluding hydrogens is 554 g/mol. The Hall–Kier alpha value is -3.73. The molecule has 0 unspecified atom stereocenters. The van der Waals surface area contributed by atoms with Gasteiger partial charge in [-0.25, -0.2) is 8.42 Å². The van der Waals surface area contributed by atoms with Crippen LogP contribution in [0.15, 0.2) is 77.7 Å². The monoisotopic (exact) mass is 593 g/mol. The van der Waals surface area contributed by atoms with Gasteiger partial charge in [0.25, 0.3) is 0 Å². The zero-order valence-corrected chi connectivity index (χ0v) is 25.3. The smallest absolute Gasteiger partial charge is 0.242 e. The molecule has 1 aliphatic rings. The van der Waals surface area contributed by atoms with Crippen LogP contribution in [0.25, 0.3) is 0 Å². The molecule has 0 bridgehead atoms. The number of nitrogens with one attached hydrogen (secondary N) is 1. The molecule has 1 aliphatic heterocycles. The van der Waals surface area contributed by atoms with Crippen LogP contribution in [0.1, 0.15) is 30.5 Å². The largest absolute Gasteiger partial charge is 0.488 e. The Labute approximate surface area is 248 Å². The topological polar surface area (TPSA) is 116 Å². The molecule has 0 spiro atoms. The summed E-state index contributed by atoms with van der Waals surface area (Å²) in [7, 11) is -2.27. The standard InChI is InChI=1S/C32H39N3O6S/c1-22-10-13-28(14-11-22)42(39,40)34(4)20-30-23(2)19-35(24(3)21-36)32(38)18-26-17-27(12-15-29(26)41-30)33-31(37)16-25-8-6-5-7-9-25/h5-15,17,23-24,30,36H,16,18-21H2,1-4H3,(H,33,37)/t23-,24-,30-/m1/s1. The highest BCUT2D eigenvalue weighted by Gasteiger charge is 2.33. The predicted octanol–water partition coefficient (Wildman–Crippen LogP) is 3.65. The second-order valence-corrected chi connectivity index (χ2v) is 13.1. The number of aliphatic hydroxyl groups excluding tert-OH is 1. The van der Waals surface area contributed by atoms with E-state index in [1.807, 2.05) is 44.2 Å². The molecule has 3 aromatic rings. The summed E-state index contributed by atoms with van der Waals surface area (Å²) in [6.07, 6.45) is -0.401. The number of amides is 2. The summed E-state index contributed by atoms with van der Waals surface area (Å²) in [5.74, 6) is -0.209. The lowest BCUT2D eigenvalue weighted by Crippen LogP contribution is -2.48. The lowest BCUT2D eigenvalue weighted by Gasteiger charge is -2.33. The van der Waals surface area contributed by atoms with E-state index in [1.165, 1.54) is 11.4 Å². The van der Waals surface area contributed by atoms with E-state index in [9.17, 15) is 23.1 Å². The second-order valence-electron chi connectivity index (χ2n) is 11.0. The third-order valence-corrected chi connectivity index (χ3v) is 9.41. The molecule has 10 heteroatoms. The number of aryl methyl sites for hydroxylation is 1. The van der Waals surface area contributed by atoms with Crippen molar-refractivity contribution in [3.8, 4) is 5.75 Å². The number of aliphatic hydroxyl groups is 1. The minimum atomic E-state index is -3.79. The number of anilines is 1. The molecule has 0 aromatic heterocycles. The number of fused-ring (bicyclic) bond motifs is 1. The highest BCUT2D eigenvalue weighted by atomic mass is 32.2. The van der Waals surface area contributed by atoms with Crippen molar-refractivity contribution in [2.75, 3.05) is 32.1 Å². The van der Waals surface area contributed by atoms with Gasteiger partial charge in [0, 0.05) is 30.8 Å². The summed E-state index contributed by atoms with van der Waals surface area (Å²) in [5.41, 5.74) is 2.93. The number of hydrogen-bond acceptors (Lipinski definition) is 6. The van der Waals surface area contributed by atoms with Gasteiger partial charge in [0.2, 0.25) is 21.8 Å². The number of likely N-dealkylation sites (N-methyl/N-ethyl adjacent to an activating group) is 1. The molecule has 42 heavy (non-hydrogen) atoms. The molecule has 9 nitrogen and oxygen atoms in total. The van der Waals surface area contributed by atoms with E-state index in [0.29, 0.717) is 17.0 Å². The summed E-state index contributed by atoms with van der Waals surface area (Å²) in [4.78, 5) is 28.0. The lowest BCUT2D eigenvalue weighted by atomic mass is 10.0. The number of sulfonamides is 1. The van der Waals surface area contributed by atoms with Crippen molar-refractivity contribution in [1.82, 2.24) is 9.21 Å². The van der Waals surface area contributed by atoms with Crippen molar-refractivity contribution < 1.29 is 27.9 Å². The molecule has 0 radical (unpaired) electrons. The maximum Gasteiger partial charge on any atom is 0.242 e. The number of nitrogens with zero attached hydrogens (tertiary/aromatic N) is 2. The Morgan fingerprint density at radius 3 is 2.48 bits per heavy atom. The van der Waals surface area contributed by atoms with E-state index >= 15 is 0 Å². The van der Waals surface area contributed by atoms with E-state index in [1.54, 1.807) is 54.3 Å². The summed E-state index contributed by atoms with van der Waals surface area (Å²) < 4.78 is 34.5. The highest BCUT2D eigenvalue weighted by molar-refractivity contribution is 7.89. The van der Waals surface area contributed by atoms with Crippen LogP contribution in [0.3, 0.4) is 0 Å². The minimum Gasteiger partial charge on any atom is -0.488 e. The summed E-state index contributed by atoms with van der Waals surface area (Å²) in [5, 5.41) is 12.8. The maximum atomic E-state index is 13.5. The van der Waals surface area contributed by atoms with E-state index in [2.05, 4.69) is 5.32 Å². The Morgan fingerprint density at radius 2 is 1.81 bits per heavy atom. The number of hydrogen-bond donors (Lipinski definition) is 2. The fraction of sp³-hybridized carbons (Fsp3) is 0.375. The Kier molecular flexibility index (Phi) is 10.0. The fourth-order valence-electron chi connectivity index (χ4n) is 4.95. The highest BCUT2D eigenvalue weighted by Crippen LogP contribution is 2.30. The summed E-state index contributed by atoms with van der Waals surface area (Å²) in [6, 6.07) is 20.8. The molecule has 0 fully saturated rings. The van der Waals surface area contributed by atoms with Crippen molar-refractivity contribution >= 4 is 27.5 Å². The number of ether oxygens (including phenoxy) is 1. The summed E-state index contributed by atoms with van der Waals surface area (Å²) >= 11 is 0. The molecule has 2 N–H and O–H groups in total. The van der Waals surface area contributed by atoms with Gasteiger partial charge in [0.1, 0.15) is 11.9 Å². The fourth-order valence-corrected chi connectivity index (χ4v) is 6.14. The van der Waals surface area contributed by atoms with Gasteiger partial charge in [-0.3, -0.25) is 9.59 Å². The van der Waals surface area contributed by atoms with Crippen LogP contribution >= 0.6 is 0 Å². The van der Waals surface area contributed by atoms with Crippen LogP contribution in [0.2, 0.25) is 0 Å². The Bertz CT molecular complexity index is 1490. The molecule has 0 saturated heterocycles. The maximum absolute atomic E-state index is 13.5. The van der Waals surface area contributed by atoms with E-state index in [-0.39, 0.29) is 55.2 Å². The molecule has 3 atom stereocenters. The average molecular weight is 594 g/mol. The van der Waals surface area contributed by atoms with Gasteiger partial charge in [-0.2, -0.15) is 4.31 Å². The molecular formula is C32H39N3O6S. The molecule has 4 rings (SSSR count). The third kappa shape index (κ3) is 7.56. The van der Waals surface area contributed by atoms with Crippen LogP contribution in [-0.2, 0) is 32.5 Å². The van der Waals surface area contributed by atoms with Gasteiger partial charge in [-0.1, -0.05) is 55.0 Å². The van der Waals surface area contributed by atoms with E-state index in [4.69, 9.17) is 4.74 Å². The van der Waals surface area contributed by atoms with Crippen molar-refractivity contribution in [3.63, 3.8) is 0 Å². The zero-order chi connectivity index (χ0) is 30.4. The average Bonchev–Trinajstić information content (AvgIpc) is 3.00. The lowest BCUT2D eigenvalue weighted by molar-refractivity contribution is -0.134. The number of benzene rings is 3. The first-order chi connectivity index (χ1) is 20.0. The second kappa shape index (κ2) is 13.5. The van der Waals surface area contributed by atoms with Gasteiger partial charge in [0.05, 0.1) is 36.9 Å². The first-order valence-electron chi connectivity index (χ1n) is 14.0. The molecule has 2 amide bonds. The quantitative estimate of drug-likeness (QED) is 0.391. The van der Waals surface area contributed by atoms with Crippen LogP contribution in [0.4, 0.5) is 5.69 Å². The summed E-state index contributed by atoms with van der Waals surface area (Å²) in [6.45, 7) is 5.68. The van der Waals surface area contributed by atoms with Crippen LogP contribution in [0, 0.1) is 12.8 Å². The molecule has 0 saturated carbocycles. The van der Waals surface area contributed by atoms with Gasteiger partial charge in [0.15, 0.2) is 0 Å². The van der Waals surface area contributed by atoms with Crippen LogP contribution in [-0.4, -0.2) is 73.4 Å². The van der Waals surface area contributed by atoms with Crippen LogP contribution in [0.5, 0.6) is 5.75 Å². The first kappa shape index (κ1) is 31.2. The number of rotatable bonds is 9. The van der Waals surface area contributed by atoms with E-state index in [0.717, 1.165) is 11.1 Å². The number of carbonyl (C=O) groups excluding carboxylic acids is 2. The predicted molar refractivity (Wildman–Crippen MR) is 162 cm³/mol. The van der Waals surface area contributed by atoms with Crippen molar-refractivity contribution in [2.45, 2.75) is 50.7 Å². The van der Waals surface area contributed by atoms with Crippen molar-refractivity contribution in [2.24, 2.45) is 5.92 Å². The normalized spacial score (nSPS) is 18.3. The SMILES string of the molecule is Cc1ccc(S(=O)(=O)N(C)C[C@H]2Oc3ccc(NC(=O)Cc4ccccc4)cc3CC(=O)N([C@H](C)CO)C[C@H]2C)cc1. The van der Waals surface area contributed by atoms with Crippen molar-refractivity contribution in [1.29, 1.82) is 0 Å². The Morgan fingerprint density at radius 1 is 1.12 bits per heavy atom. The Balaban J connectivity index is 1.62. The van der Waals surface area contributed by atoms with Gasteiger partial charge >= 0.3 is 0 Å². The number of carbonyl (C=O) groups is 2. The van der Waals surface area contributed by atoms with Gasteiger partial charge in [-0.15, -0.1) is 0 Å². The van der Waals surface area contributed by atoms with E-state index < -0.39 is 22.2 Å².